The normalized spacial score (nSPS) is 17.2. The Morgan fingerprint density at radius 1 is 1.21 bits per heavy atom. The largest absolute Gasteiger partial charge is 0.355 e. The van der Waals surface area contributed by atoms with E-state index in [4.69, 9.17) is 10.7 Å². The highest BCUT2D eigenvalue weighted by atomic mass is 15.2. The van der Waals surface area contributed by atoms with Crippen molar-refractivity contribution >= 4 is 16.7 Å². The van der Waals surface area contributed by atoms with Gasteiger partial charge in [-0.15, -0.1) is 0 Å². The first-order valence-corrected chi connectivity index (χ1v) is 9.90. The summed E-state index contributed by atoms with van der Waals surface area (Å²) in [7, 11) is 1.90. The number of piperidine rings is 1. The van der Waals surface area contributed by atoms with E-state index in [2.05, 4.69) is 38.2 Å². The van der Waals surface area contributed by atoms with Gasteiger partial charge in [0, 0.05) is 43.3 Å². The van der Waals surface area contributed by atoms with Crippen molar-refractivity contribution in [2.24, 2.45) is 12.8 Å². The van der Waals surface area contributed by atoms with Gasteiger partial charge in [0.25, 0.3) is 0 Å². The summed E-state index contributed by atoms with van der Waals surface area (Å²) in [6.45, 7) is 3.92. The van der Waals surface area contributed by atoms with Gasteiger partial charge in [0.1, 0.15) is 11.5 Å². The smallest absolute Gasteiger partial charge is 0.132 e. The minimum absolute atomic E-state index is 0.202. The molecule has 1 saturated heterocycles. The molecule has 1 unspecified atom stereocenters. The molecule has 4 aromatic rings. The molecule has 0 bridgehead atoms. The van der Waals surface area contributed by atoms with Crippen LogP contribution in [0.4, 0.5) is 5.82 Å². The summed E-state index contributed by atoms with van der Waals surface area (Å²) < 4.78 is 1.77. The van der Waals surface area contributed by atoms with Crippen LogP contribution in [-0.4, -0.2) is 49.1 Å². The zero-order valence-electron chi connectivity index (χ0n) is 16.6. The second-order valence-corrected chi connectivity index (χ2v) is 7.78. The van der Waals surface area contributed by atoms with Gasteiger partial charge in [0.05, 0.1) is 29.3 Å². The van der Waals surface area contributed by atoms with Crippen LogP contribution in [0, 0.1) is 6.92 Å². The number of anilines is 1. The number of nitrogens with one attached hydrogen (secondary N) is 1. The number of aromatic amines is 1. The Balaban J connectivity index is 1.57. The lowest BCUT2D eigenvalue weighted by atomic mass is 10.1. The average molecular weight is 388 g/mol. The highest BCUT2D eigenvalue weighted by Crippen LogP contribution is 2.30. The quantitative estimate of drug-likeness (QED) is 0.559. The molecule has 1 fully saturated rings. The first kappa shape index (κ1) is 17.8. The van der Waals surface area contributed by atoms with E-state index in [9.17, 15) is 0 Å². The van der Waals surface area contributed by atoms with E-state index in [1.807, 2.05) is 37.8 Å². The van der Waals surface area contributed by atoms with Crippen LogP contribution in [0.1, 0.15) is 18.4 Å². The number of nitrogens with zero attached hydrogens (tertiary/aromatic N) is 6. The van der Waals surface area contributed by atoms with E-state index in [0.29, 0.717) is 0 Å². The van der Waals surface area contributed by atoms with Gasteiger partial charge in [0.2, 0.25) is 0 Å². The summed E-state index contributed by atoms with van der Waals surface area (Å²) in [5.41, 5.74) is 11.7. The van der Waals surface area contributed by atoms with Crippen LogP contribution in [0.15, 0.2) is 36.8 Å². The summed E-state index contributed by atoms with van der Waals surface area (Å²) in [4.78, 5) is 11.8. The summed E-state index contributed by atoms with van der Waals surface area (Å²) in [5.74, 6) is 0.996. The van der Waals surface area contributed by atoms with Gasteiger partial charge in [-0.25, -0.2) is 4.98 Å². The maximum Gasteiger partial charge on any atom is 0.132 e. The highest BCUT2D eigenvalue weighted by Gasteiger charge is 2.21. The maximum atomic E-state index is 6.19. The van der Waals surface area contributed by atoms with E-state index in [-0.39, 0.29) is 6.04 Å². The van der Waals surface area contributed by atoms with E-state index in [1.54, 1.807) is 4.68 Å². The van der Waals surface area contributed by atoms with Crippen molar-refractivity contribution in [3.05, 3.63) is 42.4 Å². The van der Waals surface area contributed by atoms with Crippen LogP contribution in [0.5, 0.6) is 0 Å². The molecule has 5 heterocycles. The molecule has 29 heavy (non-hydrogen) atoms. The lowest BCUT2D eigenvalue weighted by molar-refractivity contribution is 0.502. The topological polar surface area (TPSA) is 102 Å². The van der Waals surface area contributed by atoms with Crippen molar-refractivity contribution in [1.29, 1.82) is 0 Å². The SMILES string of the molecule is Cc1ccc(-c2n[nH]c3cnc(-c4cnn(C)c4)cc23)nc1N1CCCC(N)C1. The number of H-pyrrole nitrogens is 1. The fourth-order valence-electron chi connectivity index (χ4n) is 4.00. The van der Waals surface area contributed by atoms with Crippen molar-refractivity contribution in [3.8, 4) is 22.6 Å². The number of pyridine rings is 2. The molecule has 1 atom stereocenters. The molecular weight excluding hydrogens is 364 g/mol. The third-order valence-electron chi connectivity index (χ3n) is 5.52. The van der Waals surface area contributed by atoms with Crippen molar-refractivity contribution in [1.82, 2.24) is 29.9 Å². The maximum absolute atomic E-state index is 6.19. The van der Waals surface area contributed by atoms with Gasteiger partial charge < -0.3 is 10.6 Å². The average Bonchev–Trinajstić information content (AvgIpc) is 3.34. The molecule has 0 aliphatic carbocycles. The number of hydrogen-bond acceptors (Lipinski definition) is 6. The van der Waals surface area contributed by atoms with Gasteiger partial charge in [-0.3, -0.25) is 14.8 Å². The van der Waals surface area contributed by atoms with Crippen LogP contribution in [0.25, 0.3) is 33.5 Å². The molecule has 1 aliphatic heterocycles. The second-order valence-electron chi connectivity index (χ2n) is 7.78. The molecule has 3 N–H and O–H groups in total. The minimum Gasteiger partial charge on any atom is -0.355 e. The third kappa shape index (κ3) is 3.25. The van der Waals surface area contributed by atoms with Gasteiger partial charge in [-0.2, -0.15) is 10.2 Å². The van der Waals surface area contributed by atoms with Gasteiger partial charge >= 0.3 is 0 Å². The molecule has 0 spiro atoms. The van der Waals surface area contributed by atoms with Gasteiger partial charge in [-0.05, 0) is 37.5 Å². The van der Waals surface area contributed by atoms with Crippen LogP contribution < -0.4 is 10.6 Å². The second kappa shape index (κ2) is 6.97. The van der Waals surface area contributed by atoms with Crippen LogP contribution in [0.3, 0.4) is 0 Å². The Hall–Kier alpha value is -3.26. The first-order chi connectivity index (χ1) is 14.1. The summed E-state index contributed by atoms with van der Waals surface area (Å²) in [6, 6.07) is 6.39. The monoisotopic (exact) mass is 388 g/mol. The Morgan fingerprint density at radius 2 is 2.10 bits per heavy atom. The summed E-state index contributed by atoms with van der Waals surface area (Å²) in [5, 5.41) is 12.9. The molecular formula is C21H24N8. The number of fused-ring (bicyclic) bond motifs is 1. The highest BCUT2D eigenvalue weighted by molar-refractivity contribution is 5.93. The Kier molecular flexibility index (Phi) is 4.28. The molecule has 1 aliphatic rings. The van der Waals surface area contributed by atoms with E-state index >= 15 is 0 Å². The van der Waals surface area contributed by atoms with E-state index in [1.165, 1.54) is 0 Å². The molecule has 148 valence electrons. The predicted molar refractivity (Wildman–Crippen MR) is 113 cm³/mol. The van der Waals surface area contributed by atoms with Gasteiger partial charge in [-0.1, -0.05) is 6.07 Å². The third-order valence-corrected chi connectivity index (χ3v) is 5.52. The predicted octanol–water partition coefficient (Wildman–Crippen LogP) is 2.66. The molecule has 8 nitrogen and oxygen atoms in total. The molecule has 0 radical (unpaired) electrons. The Bertz CT molecular complexity index is 1170. The minimum atomic E-state index is 0.202. The zero-order chi connectivity index (χ0) is 20.0. The van der Waals surface area contributed by atoms with Crippen molar-refractivity contribution in [2.45, 2.75) is 25.8 Å². The lowest BCUT2D eigenvalue weighted by Gasteiger charge is -2.32. The summed E-state index contributed by atoms with van der Waals surface area (Å²) in [6.07, 6.45) is 7.75. The number of aryl methyl sites for hydroxylation is 2. The molecule has 8 heteroatoms. The number of nitrogens with two attached hydrogens (primary N) is 1. The van der Waals surface area contributed by atoms with E-state index < -0.39 is 0 Å². The fourth-order valence-corrected chi connectivity index (χ4v) is 4.00. The van der Waals surface area contributed by atoms with Crippen molar-refractivity contribution < 1.29 is 0 Å². The van der Waals surface area contributed by atoms with Crippen LogP contribution in [0.2, 0.25) is 0 Å². The molecule has 5 rings (SSSR count). The molecule has 0 saturated carbocycles. The first-order valence-electron chi connectivity index (χ1n) is 9.90. The fraction of sp³-hybridized carbons (Fsp3) is 0.333. The van der Waals surface area contributed by atoms with Crippen molar-refractivity contribution in [3.63, 3.8) is 0 Å². The molecule has 0 amide bonds. The zero-order valence-corrected chi connectivity index (χ0v) is 16.6. The Morgan fingerprint density at radius 3 is 2.90 bits per heavy atom. The molecule has 0 aromatic carbocycles. The molecule has 4 aromatic heterocycles. The van der Waals surface area contributed by atoms with Crippen molar-refractivity contribution in [2.75, 3.05) is 18.0 Å². The van der Waals surface area contributed by atoms with Gasteiger partial charge in [0.15, 0.2) is 0 Å². The van der Waals surface area contributed by atoms with Crippen LogP contribution >= 0.6 is 0 Å². The summed E-state index contributed by atoms with van der Waals surface area (Å²) >= 11 is 0. The van der Waals surface area contributed by atoms with E-state index in [0.717, 1.165) is 70.9 Å². The lowest BCUT2D eigenvalue weighted by Crippen LogP contribution is -2.43. The Labute approximate surface area is 168 Å². The van der Waals surface area contributed by atoms with Crippen LogP contribution in [-0.2, 0) is 7.05 Å². The number of hydrogen-bond donors (Lipinski definition) is 2. The number of aromatic nitrogens is 6. The standard InChI is InChI=1S/C21H24N8/c1-13-5-6-17(25-21(13)29-7-3-4-15(22)12-29)20-16-8-18(14-9-24-28(2)11-14)23-10-19(16)26-27-20/h5-6,8-11,15H,3-4,7,12,22H2,1-2H3,(H,26,27). The number of rotatable bonds is 3.